The van der Waals surface area contributed by atoms with E-state index in [1.165, 1.54) is 19.3 Å². The standard InChI is InChI=1S/C13H21NOS/c1-3-4-5-6-10-16(15)13-9-7-8-12(14)11(13)2/h7-9H,3-6,10,14H2,1-2H3. The van der Waals surface area contributed by atoms with Crippen LogP contribution in [0.4, 0.5) is 5.69 Å². The van der Waals surface area contributed by atoms with Gasteiger partial charge in [0.1, 0.15) is 0 Å². The van der Waals surface area contributed by atoms with Crippen molar-refractivity contribution in [3.8, 4) is 0 Å². The molecular formula is C13H21NOS. The number of hydrogen-bond donors (Lipinski definition) is 1. The Morgan fingerprint density at radius 3 is 2.69 bits per heavy atom. The van der Waals surface area contributed by atoms with Gasteiger partial charge < -0.3 is 5.73 Å². The zero-order valence-electron chi connectivity index (χ0n) is 10.2. The molecule has 1 aromatic rings. The Labute approximate surface area is 101 Å². The van der Waals surface area contributed by atoms with Gasteiger partial charge in [-0.2, -0.15) is 0 Å². The molecule has 0 heterocycles. The van der Waals surface area contributed by atoms with Crippen molar-refractivity contribution < 1.29 is 4.21 Å². The molecule has 3 heteroatoms. The first-order chi connectivity index (χ1) is 7.66. The van der Waals surface area contributed by atoms with Crippen LogP contribution in [0.2, 0.25) is 0 Å². The molecule has 90 valence electrons. The molecule has 0 aliphatic heterocycles. The molecule has 1 aromatic carbocycles. The van der Waals surface area contributed by atoms with Crippen LogP contribution in [0, 0.1) is 6.92 Å². The zero-order chi connectivity index (χ0) is 12.0. The summed E-state index contributed by atoms with van der Waals surface area (Å²) in [5, 5.41) is 0. The fraction of sp³-hybridized carbons (Fsp3) is 0.538. The molecule has 0 saturated carbocycles. The van der Waals surface area contributed by atoms with Gasteiger partial charge >= 0.3 is 0 Å². The van der Waals surface area contributed by atoms with Crippen LogP contribution >= 0.6 is 0 Å². The first kappa shape index (κ1) is 13.2. The molecule has 0 aliphatic rings. The Balaban J connectivity index is 2.56. The molecule has 1 atom stereocenters. The summed E-state index contributed by atoms with van der Waals surface area (Å²) in [6, 6.07) is 5.65. The second-order valence-electron chi connectivity index (χ2n) is 4.08. The summed E-state index contributed by atoms with van der Waals surface area (Å²) >= 11 is 0. The maximum absolute atomic E-state index is 12.0. The van der Waals surface area contributed by atoms with Crippen molar-refractivity contribution in [1.82, 2.24) is 0 Å². The van der Waals surface area contributed by atoms with Crippen LogP contribution in [0.15, 0.2) is 23.1 Å². The molecule has 16 heavy (non-hydrogen) atoms. The summed E-state index contributed by atoms with van der Waals surface area (Å²) in [6.07, 6.45) is 4.65. The summed E-state index contributed by atoms with van der Waals surface area (Å²) in [5.41, 5.74) is 7.50. The molecular weight excluding hydrogens is 218 g/mol. The van der Waals surface area contributed by atoms with E-state index in [1.54, 1.807) is 0 Å². The molecule has 0 spiro atoms. The molecule has 1 unspecified atom stereocenters. The minimum absolute atomic E-state index is 0.736. The van der Waals surface area contributed by atoms with Gasteiger partial charge in [-0.05, 0) is 31.0 Å². The van der Waals surface area contributed by atoms with E-state index in [0.29, 0.717) is 0 Å². The molecule has 0 radical (unpaired) electrons. The van der Waals surface area contributed by atoms with E-state index in [0.717, 1.165) is 28.3 Å². The maximum Gasteiger partial charge on any atom is 0.0532 e. The highest BCUT2D eigenvalue weighted by Crippen LogP contribution is 2.19. The van der Waals surface area contributed by atoms with Gasteiger partial charge in [0.15, 0.2) is 0 Å². The summed E-state index contributed by atoms with van der Waals surface area (Å²) in [4.78, 5) is 0.900. The van der Waals surface area contributed by atoms with Gasteiger partial charge in [0.25, 0.3) is 0 Å². The highest BCUT2D eigenvalue weighted by molar-refractivity contribution is 7.85. The van der Waals surface area contributed by atoms with E-state index >= 15 is 0 Å². The molecule has 0 saturated heterocycles. The van der Waals surface area contributed by atoms with Gasteiger partial charge in [-0.25, -0.2) is 0 Å². The SMILES string of the molecule is CCCCCCS(=O)c1cccc(N)c1C. The summed E-state index contributed by atoms with van der Waals surface area (Å²) < 4.78 is 12.0. The molecule has 0 amide bonds. The highest BCUT2D eigenvalue weighted by atomic mass is 32.2. The lowest BCUT2D eigenvalue weighted by molar-refractivity contribution is 0.668. The van der Waals surface area contributed by atoms with Crippen LogP contribution in [0.25, 0.3) is 0 Å². The lowest BCUT2D eigenvalue weighted by Crippen LogP contribution is -2.02. The monoisotopic (exact) mass is 239 g/mol. The van der Waals surface area contributed by atoms with E-state index in [1.807, 2.05) is 25.1 Å². The second kappa shape index (κ2) is 6.69. The number of hydrogen-bond acceptors (Lipinski definition) is 2. The fourth-order valence-corrected chi connectivity index (χ4v) is 3.02. The number of anilines is 1. The van der Waals surface area contributed by atoms with Crippen LogP contribution in [-0.4, -0.2) is 9.96 Å². The van der Waals surface area contributed by atoms with Gasteiger partial charge in [0.2, 0.25) is 0 Å². The van der Waals surface area contributed by atoms with E-state index in [9.17, 15) is 4.21 Å². The van der Waals surface area contributed by atoms with Crippen LogP contribution in [0.3, 0.4) is 0 Å². The largest absolute Gasteiger partial charge is 0.398 e. The highest BCUT2D eigenvalue weighted by Gasteiger charge is 2.08. The predicted octanol–water partition coefficient (Wildman–Crippen LogP) is 3.27. The van der Waals surface area contributed by atoms with Crippen LogP contribution in [0.5, 0.6) is 0 Å². The van der Waals surface area contributed by atoms with Gasteiger partial charge in [0.05, 0.1) is 10.8 Å². The molecule has 0 aromatic heterocycles. The van der Waals surface area contributed by atoms with E-state index < -0.39 is 10.8 Å². The van der Waals surface area contributed by atoms with Crippen molar-refractivity contribution in [1.29, 1.82) is 0 Å². The Bertz CT molecular complexity index is 363. The Kier molecular flexibility index (Phi) is 5.53. The van der Waals surface area contributed by atoms with Crippen molar-refractivity contribution in [2.24, 2.45) is 0 Å². The topological polar surface area (TPSA) is 43.1 Å². The van der Waals surface area contributed by atoms with Crippen LogP contribution in [0.1, 0.15) is 38.2 Å². The number of rotatable bonds is 6. The fourth-order valence-electron chi connectivity index (χ4n) is 1.65. The van der Waals surface area contributed by atoms with Crippen molar-refractivity contribution >= 4 is 16.5 Å². The quantitative estimate of drug-likeness (QED) is 0.611. The average Bonchev–Trinajstić information content (AvgIpc) is 2.28. The lowest BCUT2D eigenvalue weighted by atomic mass is 10.2. The van der Waals surface area contributed by atoms with Gasteiger partial charge in [-0.1, -0.05) is 32.3 Å². The molecule has 2 N–H and O–H groups in total. The minimum Gasteiger partial charge on any atom is -0.398 e. The van der Waals surface area contributed by atoms with E-state index in [-0.39, 0.29) is 0 Å². The van der Waals surface area contributed by atoms with Crippen LogP contribution in [-0.2, 0) is 10.8 Å². The molecule has 0 aliphatic carbocycles. The first-order valence-corrected chi connectivity index (χ1v) is 7.22. The third-order valence-electron chi connectivity index (χ3n) is 2.75. The van der Waals surface area contributed by atoms with E-state index in [2.05, 4.69) is 6.92 Å². The number of nitrogen functional groups attached to an aromatic ring is 1. The predicted molar refractivity (Wildman–Crippen MR) is 71.0 cm³/mol. The third-order valence-corrected chi connectivity index (χ3v) is 4.35. The van der Waals surface area contributed by atoms with Gasteiger partial charge in [-0.15, -0.1) is 0 Å². The third kappa shape index (κ3) is 3.63. The molecule has 0 fully saturated rings. The number of nitrogens with two attached hydrogens (primary N) is 1. The molecule has 2 nitrogen and oxygen atoms in total. The molecule has 0 bridgehead atoms. The van der Waals surface area contributed by atoms with Crippen LogP contribution < -0.4 is 5.73 Å². The molecule has 1 rings (SSSR count). The number of benzene rings is 1. The number of unbranched alkanes of at least 4 members (excludes halogenated alkanes) is 3. The lowest BCUT2D eigenvalue weighted by Gasteiger charge is -2.07. The van der Waals surface area contributed by atoms with Crippen molar-refractivity contribution in [2.75, 3.05) is 11.5 Å². The minimum atomic E-state index is -0.889. The Hall–Kier alpha value is -0.830. The normalized spacial score (nSPS) is 12.6. The Morgan fingerprint density at radius 2 is 2.00 bits per heavy atom. The van der Waals surface area contributed by atoms with Crippen molar-refractivity contribution in [3.63, 3.8) is 0 Å². The Morgan fingerprint density at radius 1 is 1.25 bits per heavy atom. The van der Waals surface area contributed by atoms with Crippen molar-refractivity contribution in [3.05, 3.63) is 23.8 Å². The smallest absolute Gasteiger partial charge is 0.0532 e. The maximum atomic E-state index is 12.0. The summed E-state index contributed by atoms with van der Waals surface area (Å²) in [6.45, 7) is 4.12. The van der Waals surface area contributed by atoms with Crippen molar-refractivity contribution in [2.45, 2.75) is 44.4 Å². The van der Waals surface area contributed by atoms with E-state index in [4.69, 9.17) is 5.73 Å². The first-order valence-electron chi connectivity index (χ1n) is 5.90. The van der Waals surface area contributed by atoms with Gasteiger partial charge in [-0.3, -0.25) is 4.21 Å². The average molecular weight is 239 g/mol. The zero-order valence-corrected chi connectivity index (χ0v) is 11.0. The summed E-state index contributed by atoms with van der Waals surface area (Å²) in [7, 11) is -0.889. The van der Waals surface area contributed by atoms with Gasteiger partial charge in [0, 0.05) is 16.3 Å². The summed E-state index contributed by atoms with van der Waals surface area (Å²) in [5.74, 6) is 0.754. The second-order valence-corrected chi connectivity index (χ2v) is 5.62.